The van der Waals surface area contributed by atoms with Gasteiger partial charge in [-0.05, 0) is 79.3 Å². The van der Waals surface area contributed by atoms with E-state index < -0.39 is 10.0 Å². The molecule has 1 aliphatic carbocycles. The molecule has 0 radical (unpaired) electrons. The predicted molar refractivity (Wildman–Crippen MR) is 148 cm³/mol. The summed E-state index contributed by atoms with van der Waals surface area (Å²) in [6, 6.07) is 21.9. The predicted octanol–water partition coefficient (Wildman–Crippen LogP) is 5.81. The number of phenolic OH excluding ortho intramolecular Hbond substituents is 1. The summed E-state index contributed by atoms with van der Waals surface area (Å²) in [4.78, 5) is 2.54. The lowest BCUT2D eigenvalue weighted by Crippen LogP contribution is -2.37. The molecular formula is C30H32N2O4S. The highest BCUT2D eigenvalue weighted by Crippen LogP contribution is 2.42. The zero-order chi connectivity index (χ0) is 25.8. The fourth-order valence-corrected chi connectivity index (χ4v) is 6.04. The molecule has 7 heteroatoms. The molecule has 3 aromatic carbocycles. The van der Waals surface area contributed by atoms with Crippen molar-refractivity contribution in [1.82, 2.24) is 4.90 Å². The Morgan fingerprint density at radius 3 is 2.41 bits per heavy atom. The largest absolute Gasteiger partial charge is 0.507 e. The number of anilines is 1. The van der Waals surface area contributed by atoms with Crippen molar-refractivity contribution in [2.45, 2.75) is 31.1 Å². The molecule has 3 aromatic rings. The number of aromatic hydroxyl groups is 1. The minimum atomic E-state index is -3.76. The van der Waals surface area contributed by atoms with Gasteiger partial charge in [0.2, 0.25) is 0 Å². The van der Waals surface area contributed by atoms with Crippen molar-refractivity contribution >= 4 is 27.4 Å². The molecular weight excluding hydrogens is 484 g/mol. The number of phenols is 1. The number of sulfonamides is 1. The summed E-state index contributed by atoms with van der Waals surface area (Å²) < 4.78 is 34.4. The molecule has 2 aliphatic rings. The molecule has 0 spiro atoms. The maximum Gasteiger partial charge on any atom is 0.261 e. The van der Waals surface area contributed by atoms with Crippen molar-refractivity contribution in [2.75, 3.05) is 31.0 Å². The van der Waals surface area contributed by atoms with E-state index in [1.54, 1.807) is 42.5 Å². The first-order valence-corrected chi connectivity index (χ1v) is 14.1. The molecule has 1 aliphatic heterocycles. The highest BCUT2D eigenvalue weighted by Gasteiger charge is 2.27. The molecule has 0 amide bonds. The van der Waals surface area contributed by atoms with Crippen molar-refractivity contribution in [3.8, 4) is 5.75 Å². The van der Waals surface area contributed by atoms with Crippen LogP contribution in [0.3, 0.4) is 0 Å². The van der Waals surface area contributed by atoms with E-state index in [1.807, 2.05) is 25.1 Å². The fraction of sp³-hybridized carbons (Fsp3) is 0.267. The summed E-state index contributed by atoms with van der Waals surface area (Å²) in [5.41, 5.74) is 6.57. The van der Waals surface area contributed by atoms with E-state index in [1.165, 1.54) is 5.57 Å². The van der Waals surface area contributed by atoms with E-state index in [0.29, 0.717) is 24.5 Å². The number of aryl methyl sites for hydroxylation is 1. The number of ether oxygens (including phenoxy) is 1. The molecule has 0 bridgehead atoms. The lowest BCUT2D eigenvalue weighted by atomic mass is 9.85. The summed E-state index contributed by atoms with van der Waals surface area (Å²) in [7, 11) is -3.76. The Labute approximate surface area is 219 Å². The monoisotopic (exact) mass is 516 g/mol. The quantitative estimate of drug-likeness (QED) is 0.404. The molecule has 2 N–H and O–H groups in total. The van der Waals surface area contributed by atoms with Crippen LogP contribution in [-0.2, 0) is 14.8 Å². The number of hydrogen-bond acceptors (Lipinski definition) is 5. The molecule has 37 heavy (non-hydrogen) atoms. The molecule has 0 aromatic heterocycles. The molecule has 6 nitrogen and oxygen atoms in total. The molecule has 0 unspecified atom stereocenters. The minimum Gasteiger partial charge on any atom is -0.507 e. The van der Waals surface area contributed by atoms with Gasteiger partial charge in [0, 0.05) is 30.0 Å². The van der Waals surface area contributed by atoms with E-state index in [2.05, 4.69) is 27.8 Å². The van der Waals surface area contributed by atoms with Gasteiger partial charge < -0.3 is 14.7 Å². The average molecular weight is 517 g/mol. The van der Waals surface area contributed by atoms with Gasteiger partial charge in [-0.2, -0.15) is 0 Å². The van der Waals surface area contributed by atoms with Crippen LogP contribution >= 0.6 is 0 Å². The lowest BCUT2D eigenvalue weighted by molar-refractivity contribution is 0.0546. The standard InChI is InChI=1S/C30H32N2O4S/c1-22-10-13-26(14-11-22)37(34,35)31-25-12-15-29(33)28(21-25)27-9-5-8-24(20-23-6-3-2-4-7-23)30(27)32-16-18-36-19-17-32/h2-4,6-7,10-15,20-21,31,33H,5,8-9,16-19H2,1H3. The minimum absolute atomic E-state index is 0.139. The van der Waals surface area contributed by atoms with Crippen LogP contribution in [0.1, 0.15) is 36.0 Å². The second-order valence-electron chi connectivity index (χ2n) is 9.51. The van der Waals surface area contributed by atoms with E-state index in [-0.39, 0.29) is 10.6 Å². The van der Waals surface area contributed by atoms with Gasteiger partial charge in [0.15, 0.2) is 0 Å². The average Bonchev–Trinajstić information content (AvgIpc) is 2.91. The Morgan fingerprint density at radius 1 is 0.946 bits per heavy atom. The van der Waals surface area contributed by atoms with Gasteiger partial charge in [0.25, 0.3) is 10.0 Å². The second-order valence-corrected chi connectivity index (χ2v) is 11.2. The van der Waals surface area contributed by atoms with E-state index >= 15 is 0 Å². The van der Waals surface area contributed by atoms with Crippen LogP contribution in [0.4, 0.5) is 5.69 Å². The van der Waals surface area contributed by atoms with Crippen molar-refractivity contribution in [2.24, 2.45) is 0 Å². The van der Waals surface area contributed by atoms with Crippen LogP contribution in [0.5, 0.6) is 5.75 Å². The summed E-state index contributed by atoms with van der Waals surface area (Å²) in [5.74, 6) is 0.139. The number of benzene rings is 3. The fourth-order valence-electron chi connectivity index (χ4n) is 4.99. The third-order valence-corrected chi connectivity index (χ3v) is 8.23. The van der Waals surface area contributed by atoms with Crippen molar-refractivity contribution < 1.29 is 18.3 Å². The van der Waals surface area contributed by atoms with Gasteiger partial charge in [0.1, 0.15) is 5.75 Å². The number of hydrogen-bond donors (Lipinski definition) is 2. The summed E-state index contributed by atoms with van der Waals surface area (Å²) in [5, 5.41) is 11.0. The maximum absolute atomic E-state index is 13.0. The van der Waals surface area contributed by atoms with Gasteiger partial charge in [0.05, 0.1) is 18.1 Å². The number of allylic oxidation sites excluding steroid dienone is 2. The Morgan fingerprint density at radius 2 is 1.68 bits per heavy atom. The van der Waals surface area contributed by atoms with Crippen LogP contribution in [-0.4, -0.2) is 44.7 Å². The van der Waals surface area contributed by atoms with Crippen LogP contribution < -0.4 is 4.72 Å². The molecule has 5 rings (SSSR count). The zero-order valence-corrected chi connectivity index (χ0v) is 21.8. The first-order chi connectivity index (χ1) is 17.9. The lowest BCUT2D eigenvalue weighted by Gasteiger charge is -2.37. The summed E-state index contributed by atoms with van der Waals surface area (Å²) in [6.45, 7) is 4.76. The first kappa shape index (κ1) is 25.1. The maximum atomic E-state index is 13.0. The highest BCUT2D eigenvalue weighted by atomic mass is 32.2. The third-order valence-electron chi connectivity index (χ3n) is 6.84. The molecule has 0 saturated carbocycles. The van der Waals surface area contributed by atoms with Crippen LogP contribution in [0.15, 0.2) is 89.0 Å². The molecule has 1 heterocycles. The Balaban J connectivity index is 1.57. The Hall–Kier alpha value is -3.55. The van der Waals surface area contributed by atoms with Crippen LogP contribution in [0.25, 0.3) is 11.6 Å². The number of nitrogens with zero attached hydrogens (tertiary/aromatic N) is 1. The Bertz CT molecular complexity index is 1420. The normalized spacial score (nSPS) is 17.8. The number of nitrogens with one attached hydrogen (secondary N) is 1. The van der Waals surface area contributed by atoms with Crippen molar-refractivity contribution in [3.05, 3.63) is 101 Å². The number of morpholine rings is 1. The van der Waals surface area contributed by atoms with Gasteiger partial charge in [-0.1, -0.05) is 48.0 Å². The van der Waals surface area contributed by atoms with Crippen LogP contribution in [0, 0.1) is 6.92 Å². The zero-order valence-electron chi connectivity index (χ0n) is 21.0. The molecule has 0 atom stereocenters. The topological polar surface area (TPSA) is 78.9 Å². The summed E-state index contributed by atoms with van der Waals surface area (Å²) >= 11 is 0. The van der Waals surface area contributed by atoms with Gasteiger partial charge in [-0.15, -0.1) is 0 Å². The van der Waals surface area contributed by atoms with Crippen LogP contribution in [0.2, 0.25) is 0 Å². The first-order valence-electron chi connectivity index (χ1n) is 12.7. The molecule has 1 saturated heterocycles. The van der Waals surface area contributed by atoms with Gasteiger partial charge in [-0.25, -0.2) is 8.42 Å². The smallest absolute Gasteiger partial charge is 0.261 e. The van der Waals surface area contributed by atoms with Crippen molar-refractivity contribution in [3.63, 3.8) is 0 Å². The molecule has 1 fully saturated rings. The van der Waals surface area contributed by atoms with Gasteiger partial charge in [-0.3, -0.25) is 4.72 Å². The van der Waals surface area contributed by atoms with E-state index in [9.17, 15) is 13.5 Å². The van der Waals surface area contributed by atoms with E-state index in [4.69, 9.17) is 4.74 Å². The number of rotatable bonds is 6. The third kappa shape index (κ3) is 5.73. The Kier molecular flexibility index (Phi) is 7.35. The molecule has 192 valence electrons. The van der Waals surface area contributed by atoms with Gasteiger partial charge >= 0.3 is 0 Å². The summed E-state index contributed by atoms with van der Waals surface area (Å²) in [6.07, 6.45) is 4.90. The SMILES string of the molecule is Cc1ccc(S(=O)(=O)Nc2ccc(O)c(C3=C(N4CCOCC4)C(=Cc4ccccc4)CCC3)c2)cc1. The van der Waals surface area contributed by atoms with Crippen molar-refractivity contribution in [1.29, 1.82) is 0 Å². The van der Waals surface area contributed by atoms with E-state index in [0.717, 1.165) is 54.7 Å². The second kappa shape index (κ2) is 10.8. The highest BCUT2D eigenvalue weighted by molar-refractivity contribution is 7.92.